The molecule has 1 heterocycles. The first-order valence-electron chi connectivity index (χ1n) is 12.0. The minimum absolute atomic E-state index is 0.00420. The van der Waals surface area contributed by atoms with E-state index >= 15 is 0 Å². The molecule has 1 fully saturated rings. The Balaban J connectivity index is 1.70. The van der Waals surface area contributed by atoms with E-state index in [0.717, 1.165) is 6.42 Å². The largest absolute Gasteiger partial charge is 0.497 e. The fourth-order valence-corrected chi connectivity index (χ4v) is 4.17. The number of benzene rings is 2. The van der Waals surface area contributed by atoms with E-state index in [1.807, 2.05) is 13.8 Å². The monoisotopic (exact) mass is 481 g/mol. The van der Waals surface area contributed by atoms with Crippen LogP contribution in [-0.4, -0.2) is 62.0 Å². The van der Waals surface area contributed by atoms with Gasteiger partial charge in [0, 0.05) is 30.3 Å². The van der Waals surface area contributed by atoms with E-state index in [4.69, 9.17) is 9.47 Å². The highest BCUT2D eigenvalue weighted by Crippen LogP contribution is 2.24. The summed E-state index contributed by atoms with van der Waals surface area (Å²) in [4.78, 5) is 40.9. The van der Waals surface area contributed by atoms with E-state index in [1.54, 1.807) is 67.7 Å². The van der Waals surface area contributed by atoms with Crippen molar-refractivity contribution in [1.29, 1.82) is 0 Å². The molecule has 188 valence electrons. The number of likely N-dealkylation sites (tertiary alicyclic amines) is 1. The van der Waals surface area contributed by atoms with Gasteiger partial charge in [-0.3, -0.25) is 14.4 Å². The van der Waals surface area contributed by atoms with Crippen molar-refractivity contribution in [1.82, 2.24) is 15.5 Å². The lowest BCUT2D eigenvalue weighted by Crippen LogP contribution is -2.55. The summed E-state index contributed by atoms with van der Waals surface area (Å²) < 4.78 is 10.4. The molecule has 8 nitrogen and oxygen atoms in total. The summed E-state index contributed by atoms with van der Waals surface area (Å²) in [5.41, 5.74) is 1.03. The van der Waals surface area contributed by atoms with Crippen LogP contribution in [0.5, 0.6) is 11.5 Å². The van der Waals surface area contributed by atoms with Crippen molar-refractivity contribution in [2.75, 3.05) is 27.3 Å². The molecule has 0 spiro atoms. The molecule has 2 aromatic rings. The highest BCUT2D eigenvalue weighted by molar-refractivity contribution is 5.98. The second kappa shape index (κ2) is 12.2. The number of amides is 3. The number of nitrogens with zero attached hydrogens (tertiary/aromatic N) is 1. The first-order chi connectivity index (χ1) is 16.9. The minimum atomic E-state index is -0.694. The molecular formula is C27H35N3O5. The van der Waals surface area contributed by atoms with Crippen LogP contribution in [0.4, 0.5) is 0 Å². The molecule has 1 aliphatic rings. The van der Waals surface area contributed by atoms with Gasteiger partial charge in [0.1, 0.15) is 17.5 Å². The fraction of sp³-hybridized carbons (Fsp3) is 0.444. The second-order valence-corrected chi connectivity index (χ2v) is 8.86. The fourth-order valence-electron chi connectivity index (χ4n) is 4.17. The Morgan fingerprint density at radius 1 is 0.943 bits per heavy atom. The van der Waals surface area contributed by atoms with E-state index < -0.39 is 6.04 Å². The molecule has 3 rings (SSSR count). The lowest BCUT2D eigenvalue weighted by atomic mass is 9.88. The third kappa shape index (κ3) is 6.74. The van der Waals surface area contributed by atoms with E-state index in [0.29, 0.717) is 48.6 Å². The number of hydrogen-bond acceptors (Lipinski definition) is 5. The van der Waals surface area contributed by atoms with Crippen LogP contribution < -0.4 is 20.1 Å². The number of piperidine rings is 1. The Bertz CT molecular complexity index is 1020. The molecule has 2 N–H and O–H groups in total. The number of carbonyl (C=O) groups is 3. The van der Waals surface area contributed by atoms with Gasteiger partial charge in [0.25, 0.3) is 11.8 Å². The summed E-state index contributed by atoms with van der Waals surface area (Å²) in [5, 5.41) is 5.95. The zero-order valence-electron chi connectivity index (χ0n) is 20.9. The van der Waals surface area contributed by atoms with Crippen molar-refractivity contribution in [3.8, 4) is 11.5 Å². The number of rotatable bonds is 9. The third-order valence-corrected chi connectivity index (χ3v) is 6.54. The lowest BCUT2D eigenvalue weighted by molar-refractivity contribution is -0.125. The summed E-state index contributed by atoms with van der Waals surface area (Å²) in [6.45, 7) is 4.96. The smallest absolute Gasteiger partial charge is 0.253 e. The van der Waals surface area contributed by atoms with Crippen LogP contribution >= 0.6 is 0 Å². The van der Waals surface area contributed by atoms with Crippen LogP contribution in [0.25, 0.3) is 0 Å². The van der Waals surface area contributed by atoms with Gasteiger partial charge in [-0.05, 0) is 74.6 Å². The van der Waals surface area contributed by atoms with Crippen molar-refractivity contribution < 1.29 is 23.9 Å². The lowest BCUT2D eigenvalue weighted by Gasteiger charge is -2.36. The molecular weight excluding hydrogens is 446 g/mol. The third-order valence-electron chi connectivity index (χ3n) is 6.54. The molecule has 3 amide bonds. The van der Waals surface area contributed by atoms with Crippen molar-refractivity contribution in [2.45, 2.75) is 45.2 Å². The van der Waals surface area contributed by atoms with Crippen LogP contribution in [0.15, 0.2) is 48.5 Å². The summed E-state index contributed by atoms with van der Waals surface area (Å²) in [7, 11) is 3.13. The summed E-state index contributed by atoms with van der Waals surface area (Å²) in [6, 6.07) is 13.2. The summed E-state index contributed by atoms with van der Waals surface area (Å²) in [6.07, 6.45) is 2.01. The van der Waals surface area contributed by atoms with E-state index in [1.165, 1.54) is 0 Å². The first kappa shape index (κ1) is 26.1. The van der Waals surface area contributed by atoms with Crippen molar-refractivity contribution in [3.63, 3.8) is 0 Å². The summed E-state index contributed by atoms with van der Waals surface area (Å²) >= 11 is 0. The normalized spacial score (nSPS) is 15.6. The van der Waals surface area contributed by atoms with E-state index in [2.05, 4.69) is 10.6 Å². The zero-order valence-corrected chi connectivity index (χ0v) is 20.9. The van der Waals surface area contributed by atoms with Crippen LogP contribution in [0.2, 0.25) is 0 Å². The number of ether oxygens (including phenoxy) is 2. The van der Waals surface area contributed by atoms with Gasteiger partial charge in [-0.25, -0.2) is 0 Å². The van der Waals surface area contributed by atoms with Gasteiger partial charge in [-0.1, -0.05) is 13.0 Å². The topological polar surface area (TPSA) is 97.0 Å². The quantitative estimate of drug-likeness (QED) is 0.573. The SMILES string of the molecule is CC[C@@H](C)NC(=O)[C@H](NC(=O)c1cccc(OC)c1)C1CCN(C(=O)c2ccc(OC)cc2)CC1. The van der Waals surface area contributed by atoms with Crippen LogP contribution in [0.1, 0.15) is 53.8 Å². The molecule has 2 aromatic carbocycles. The van der Waals surface area contributed by atoms with Crippen molar-refractivity contribution >= 4 is 17.7 Å². The molecule has 1 aliphatic heterocycles. The number of methoxy groups -OCH3 is 2. The van der Waals surface area contributed by atoms with Gasteiger partial charge in [0.05, 0.1) is 14.2 Å². The average molecular weight is 482 g/mol. The molecule has 0 aliphatic carbocycles. The van der Waals surface area contributed by atoms with Gasteiger partial charge in [-0.2, -0.15) is 0 Å². The summed E-state index contributed by atoms with van der Waals surface area (Å²) in [5.74, 6) is 0.604. The Morgan fingerprint density at radius 2 is 1.60 bits per heavy atom. The maximum absolute atomic E-state index is 13.2. The molecule has 2 atom stereocenters. The Kier molecular flexibility index (Phi) is 9.11. The Morgan fingerprint density at radius 3 is 2.20 bits per heavy atom. The molecule has 0 aromatic heterocycles. The predicted octanol–water partition coefficient (Wildman–Crippen LogP) is 3.27. The first-order valence-corrected chi connectivity index (χ1v) is 12.0. The number of hydrogen-bond donors (Lipinski definition) is 2. The van der Waals surface area contributed by atoms with E-state index in [9.17, 15) is 14.4 Å². The molecule has 0 radical (unpaired) electrons. The van der Waals surface area contributed by atoms with Crippen LogP contribution in [0, 0.1) is 5.92 Å². The maximum Gasteiger partial charge on any atom is 0.253 e. The van der Waals surface area contributed by atoms with Gasteiger partial charge in [0.2, 0.25) is 5.91 Å². The van der Waals surface area contributed by atoms with Crippen LogP contribution in [0.3, 0.4) is 0 Å². The maximum atomic E-state index is 13.2. The Labute approximate surface area is 207 Å². The minimum Gasteiger partial charge on any atom is -0.497 e. The van der Waals surface area contributed by atoms with Crippen molar-refractivity contribution in [2.24, 2.45) is 5.92 Å². The number of nitrogens with one attached hydrogen (secondary N) is 2. The average Bonchev–Trinajstić information content (AvgIpc) is 2.91. The Hall–Kier alpha value is -3.55. The van der Waals surface area contributed by atoms with E-state index in [-0.39, 0.29) is 29.7 Å². The second-order valence-electron chi connectivity index (χ2n) is 8.86. The highest BCUT2D eigenvalue weighted by atomic mass is 16.5. The highest BCUT2D eigenvalue weighted by Gasteiger charge is 2.34. The van der Waals surface area contributed by atoms with Gasteiger partial charge in [-0.15, -0.1) is 0 Å². The molecule has 8 heteroatoms. The van der Waals surface area contributed by atoms with Gasteiger partial charge < -0.3 is 25.0 Å². The van der Waals surface area contributed by atoms with Gasteiger partial charge in [0.15, 0.2) is 0 Å². The molecule has 1 saturated heterocycles. The molecule has 35 heavy (non-hydrogen) atoms. The molecule has 0 saturated carbocycles. The predicted molar refractivity (Wildman–Crippen MR) is 134 cm³/mol. The van der Waals surface area contributed by atoms with Gasteiger partial charge >= 0.3 is 0 Å². The molecule has 0 unspecified atom stereocenters. The zero-order chi connectivity index (χ0) is 25.4. The molecule has 0 bridgehead atoms. The standard InChI is InChI=1S/C27H35N3O5/c1-5-18(2)28-26(32)24(29-25(31)21-7-6-8-23(17-21)35-4)19-13-15-30(16-14-19)27(33)20-9-11-22(34-3)12-10-20/h6-12,17-19,24H,5,13-16H2,1-4H3,(H,28,32)(H,29,31)/t18-,24-/m1/s1. The number of carbonyl (C=O) groups excluding carboxylic acids is 3. The van der Waals surface area contributed by atoms with Crippen LogP contribution in [-0.2, 0) is 4.79 Å². The van der Waals surface area contributed by atoms with Crippen molar-refractivity contribution in [3.05, 3.63) is 59.7 Å².